The summed E-state index contributed by atoms with van der Waals surface area (Å²) in [5.41, 5.74) is 0. The molecular formula is C9H14Li. The fourth-order valence-electron chi connectivity index (χ4n) is 0.674. The molecule has 0 spiro atoms. The van der Waals surface area contributed by atoms with Gasteiger partial charge in [0.15, 0.2) is 0 Å². The first-order chi connectivity index (χ1) is 4.91. The molecule has 0 atom stereocenters. The Morgan fingerprint density at radius 1 is 1.10 bits per heavy atom. The van der Waals surface area contributed by atoms with Crippen LogP contribution in [0.1, 0.15) is 19.8 Å². The Morgan fingerprint density at radius 3 is 1.80 bits per heavy atom. The molecule has 0 aromatic rings. The molecule has 0 saturated carbocycles. The van der Waals surface area contributed by atoms with E-state index in [9.17, 15) is 0 Å². The first-order valence-electron chi connectivity index (χ1n) is 4.08. The van der Waals surface area contributed by atoms with Crippen molar-refractivity contribution < 1.29 is 0 Å². The summed E-state index contributed by atoms with van der Waals surface area (Å²) in [6.45, 7) is 2.21. The first-order valence-corrected chi connectivity index (χ1v) is 4.08. The third kappa shape index (κ3) is 8.08. The molecular weight excluding hydrogens is 115 g/mol. The van der Waals surface area contributed by atoms with Gasteiger partial charge in [-0.15, -0.1) is 0 Å². The standard InChI is InChI=1S/C5H5.C4H9.Li/c1-2-4-5-3-1;1-3-4-2;/h1-5H;1,3-4H2,2H3;. The molecule has 51 valence electrons. The van der Waals surface area contributed by atoms with E-state index >= 15 is 0 Å². The molecule has 0 aromatic carbocycles. The maximum absolute atomic E-state index is 2.21. The van der Waals surface area contributed by atoms with Crippen LogP contribution in [0.25, 0.3) is 0 Å². The maximum atomic E-state index is 2.21. The van der Waals surface area contributed by atoms with Crippen molar-refractivity contribution in [2.45, 2.75) is 24.9 Å². The Kier molecular flexibility index (Phi) is 9.15. The van der Waals surface area contributed by atoms with Gasteiger partial charge in [0.25, 0.3) is 0 Å². The molecule has 0 nitrogen and oxygen atoms in total. The number of hydrogen-bond acceptors (Lipinski definition) is 0. The minimum absolute atomic E-state index is 1.34. The zero-order chi connectivity index (χ0) is 7.66. The predicted molar refractivity (Wildman–Crippen MR) is 48.0 cm³/mol. The van der Waals surface area contributed by atoms with Crippen LogP contribution < -0.4 is 0 Å². The Hall–Kier alpha value is 0.0774. The van der Waals surface area contributed by atoms with Gasteiger partial charge in [0, 0.05) is 6.42 Å². The summed E-state index contributed by atoms with van der Waals surface area (Å²) in [4.78, 5) is 0. The number of allylic oxidation sites excluding steroid dienone is 4. The third-order valence-corrected chi connectivity index (χ3v) is 1.26. The molecule has 1 aliphatic carbocycles. The van der Waals surface area contributed by atoms with Gasteiger partial charge in [-0.1, -0.05) is 24.3 Å². The van der Waals surface area contributed by atoms with E-state index in [4.69, 9.17) is 0 Å². The normalized spacial score (nSPS) is 13.1. The SMILES string of the molecule is [CH]1C=CC=C1.[Li][CH2]CCC. The van der Waals surface area contributed by atoms with E-state index in [1.807, 2.05) is 30.7 Å². The molecule has 1 radical (unpaired) electrons. The first kappa shape index (κ1) is 10.1. The molecule has 1 rings (SSSR count). The Bertz CT molecular complexity index is 91.3. The van der Waals surface area contributed by atoms with Crippen molar-refractivity contribution in [1.82, 2.24) is 0 Å². The zero-order valence-electron chi connectivity index (χ0n) is 7.01. The second-order valence-electron chi connectivity index (χ2n) is 2.32. The van der Waals surface area contributed by atoms with Crippen LogP contribution in [-0.4, -0.2) is 17.7 Å². The van der Waals surface area contributed by atoms with Crippen molar-refractivity contribution in [2.24, 2.45) is 0 Å². The molecule has 0 aromatic heterocycles. The van der Waals surface area contributed by atoms with Crippen LogP contribution in [0.4, 0.5) is 0 Å². The van der Waals surface area contributed by atoms with Gasteiger partial charge in [-0.2, -0.15) is 0 Å². The second-order valence-corrected chi connectivity index (χ2v) is 2.32. The average Bonchev–Trinajstić information content (AvgIpc) is 2.44. The molecule has 0 amide bonds. The van der Waals surface area contributed by atoms with E-state index in [1.165, 1.54) is 17.9 Å². The van der Waals surface area contributed by atoms with Gasteiger partial charge < -0.3 is 0 Å². The van der Waals surface area contributed by atoms with Crippen LogP contribution >= 0.6 is 0 Å². The molecule has 0 N–H and O–H groups in total. The molecule has 1 heteroatoms. The average molecular weight is 129 g/mol. The minimum atomic E-state index is 1.34. The van der Waals surface area contributed by atoms with E-state index < -0.39 is 0 Å². The predicted octanol–water partition coefficient (Wildman–Crippen LogP) is 2.69. The topological polar surface area (TPSA) is 0 Å². The summed E-state index contributed by atoms with van der Waals surface area (Å²) in [5, 5.41) is 1.34. The second kappa shape index (κ2) is 9.08. The van der Waals surface area contributed by atoms with Gasteiger partial charge in [0.1, 0.15) is 0 Å². The van der Waals surface area contributed by atoms with E-state index in [-0.39, 0.29) is 0 Å². The van der Waals surface area contributed by atoms with Gasteiger partial charge >= 0.3 is 42.6 Å². The van der Waals surface area contributed by atoms with Crippen molar-refractivity contribution in [3.63, 3.8) is 0 Å². The summed E-state index contributed by atoms with van der Waals surface area (Å²) in [7, 11) is 0. The van der Waals surface area contributed by atoms with Gasteiger partial charge in [0.05, 0.1) is 0 Å². The number of unbranched alkanes of at least 4 members (excludes halogenated alkanes) is 1. The molecule has 0 bridgehead atoms. The van der Waals surface area contributed by atoms with Crippen LogP contribution in [0.2, 0.25) is 5.09 Å². The van der Waals surface area contributed by atoms with E-state index in [1.54, 1.807) is 0 Å². The fraction of sp³-hybridized carbons (Fsp3) is 0.444. The summed E-state index contributed by atoms with van der Waals surface area (Å²) in [6, 6.07) is 0. The number of rotatable bonds is 2. The molecule has 0 aliphatic heterocycles. The van der Waals surface area contributed by atoms with E-state index in [2.05, 4.69) is 24.6 Å². The quantitative estimate of drug-likeness (QED) is 0.503. The van der Waals surface area contributed by atoms with Crippen molar-refractivity contribution in [2.75, 3.05) is 0 Å². The van der Waals surface area contributed by atoms with Gasteiger partial charge in [-0.3, -0.25) is 0 Å². The third-order valence-electron chi connectivity index (χ3n) is 1.26. The molecule has 0 heterocycles. The summed E-state index contributed by atoms with van der Waals surface area (Å²) >= 11 is 2.21. The zero-order valence-corrected chi connectivity index (χ0v) is 7.01. The molecule has 0 unspecified atom stereocenters. The van der Waals surface area contributed by atoms with Crippen molar-refractivity contribution in [3.05, 3.63) is 30.7 Å². The van der Waals surface area contributed by atoms with Gasteiger partial charge in [-0.05, 0) is 0 Å². The molecule has 1 aliphatic rings. The van der Waals surface area contributed by atoms with Crippen molar-refractivity contribution >= 4 is 17.7 Å². The van der Waals surface area contributed by atoms with Crippen LogP contribution in [0, 0.1) is 6.42 Å². The monoisotopic (exact) mass is 129 g/mol. The summed E-state index contributed by atoms with van der Waals surface area (Å²) in [5.74, 6) is 0. The Morgan fingerprint density at radius 2 is 1.70 bits per heavy atom. The molecule has 10 heavy (non-hydrogen) atoms. The van der Waals surface area contributed by atoms with Crippen molar-refractivity contribution in [3.8, 4) is 0 Å². The van der Waals surface area contributed by atoms with Crippen LogP contribution in [0.5, 0.6) is 0 Å². The van der Waals surface area contributed by atoms with Gasteiger partial charge in [-0.25, -0.2) is 0 Å². The number of hydrogen-bond donors (Lipinski definition) is 0. The van der Waals surface area contributed by atoms with Gasteiger partial charge in [0.2, 0.25) is 0 Å². The fourth-order valence-corrected chi connectivity index (χ4v) is 0.674. The van der Waals surface area contributed by atoms with Crippen LogP contribution in [-0.2, 0) is 0 Å². The van der Waals surface area contributed by atoms with Crippen LogP contribution in [0.3, 0.4) is 0 Å². The summed E-state index contributed by atoms with van der Waals surface area (Å²) in [6.07, 6.45) is 12.7. The molecule has 0 fully saturated rings. The summed E-state index contributed by atoms with van der Waals surface area (Å²) < 4.78 is 0. The Balaban J connectivity index is 0.000000162. The van der Waals surface area contributed by atoms with Crippen molar-refractivity contribution in [1.29, 1.82) is 0 Å². The Labute approximate surface area is 73.6 Å². The van der Waals surface area contributed by atoms with E-state index in [0.29, 0.717) is 0 Å². The van der Waals surface area contributed by atoms with Crippen LogP contribution in [0.15, 0.2) is 24.3 Å². The van der Waals surface area contributed by atoms with E-state index in [0.717, 1.165) is 0 Å². The molecule has 0 saturated heterocycles.